The minimum absolute atomic E-state index is 0.848. The lowest BCUT2D eigenvalue weighted by Gasteiger charge is -2.09. The van der Waals surface area contributed by atoms with E-state index in [1.165, 1.54) is 16.3 Å². The molecule has 3 aromatic heterocycles. The molecule has 3 heterocycles. The Kier molecular flexibility index (Phi) is 3.01. The third kappa shape index (κ3) is 2.09. The van der Waals surface area contributed by atoms with E-state index in [1.54, 1.807) is 7.11 Å². The van der Waals surface area contributed by atoms with Crippen molar-refractivity contribution >= 4 is 27.3 Å². The smallest absolute Gasteiger partial charge is 0.118 e. The molecule has 0 aliphatic rings. The van der Waals surface area contributed by atoms with Crippen molar-refractivity contribution in [1.29, 1.82) is 0 Å². The van der Waals surface area contributed by atoms with Gasteiger partial charge in [0.2, 0.25) is 0 Å². The molecule has 2 aromatic carbocycles. The molecular weight excluding hydrogens is 308 g/mol. The van der Waals surface area contributed by atoms with E-state index < -0.39 is 0 Å². The summed E-state index contributed by atoms with van der Waals surface area (Å²) in [7, 11) is 1.68. The van der Waals surface area contributed by atoms with E-state index in [-0.39, 0.29) is 0 Å². The maximum absolute atomic E-state index is 5.29. The molecule has 0 bridgehead atoms. The first-order valence-electron chi connectivity index (χ1n) is 8.28. The summed E-state index contributed by atoms with van der Waals surface area (Å²) in [5.41, 5.74) is 5.39. The summed E-state index contributed by atoms with van der Waals surface area (Å²) in [6.07, 6.45) is 2.10. The molecule has 0 fully saturated rings. The van der Waals surface area contributed by atoms with Gasteiger partial charge in [-0.1, -0.05) is 24.3 Å². The summed E-state index contributed by atoms with van der Waals surface area (Å²) in [4.78, 5) is 4.99. The molecule has 3 nitrogen and oxygen atoms in total. The van der Waals surface area contributed by atoms with Gasteiger partial charge in [0, 0.05) is 28.0 Å². The Morgan fingerprint density at radius 1 is 0.840 bits per heavy atom. The molecule has 0 N–H and O–H groups in total. The molecule has 0 unspecified atom stereocenters. The van der Waals surface area contributed by atoms with Crippen molar-refractivity contribution in [3.05, 3.63) is 79.0 Å². The summed E-state index contributed by atoms with van der Waals surface area (Å²) in [6, 6.07) is 24.9. The predicted octanol–water partition coefficient (Wildman–Crippen LogP) is 5.32. The van der Waals surface area contributed by atoms with Crippen LogP contribution in [0.5, 0.6) is 5.75 Å². The van der Waals surface area contributed by atoms with Crippen molar-refractivity contribution in [2.45, 2.75) is 0 Å². The summed E-state index contributed by atoms with van der Waals surface area (Å²) in [5, 5.41) is 2.40. The van der Waals surface area contributed by atoms with Gasteiger partial charge in [0.05, 0.1) is 23.8 Å². The van der Waals surface area contributed by atoms with Crippen molar-refractivity contribution in [3.63, 3.8) is 0 Å². The predicted molar refractivity (Wildman–Crippen MR) is 102 cm³/mol. The van der Waals surface area contributed by atoms with Gasteiger partial charge >= 0.3 is 0 Å². The zero-order valence-corrected chi connectivity index (χ0v) is 13.8. The number of pyridine rings is 2. The summed E-state index contributed by atoms with van der Waals surface area (Å²) >= 11 is 0. The first-order valence-corrected chi connectivity index (χ1v) is 8.28. The number of rotatable bonds is 2. The number of para-hydroxylation sites is 1. The number of fused-ring (bicyclic) bond motifs is 5. The van der Waals surface area contributed by atoms with Gasteiger partial charge in [0.1, 0.15) is 5.75 Å². The largest absolute Gasteiger partial charge is 0.497 e. The monoisotopic (exact) mass is 324 g/mol. The Labute approximate surface area is 145 Å². The fourth-order valence-corrected chi connectivity index (χ4v) is 3.49. The molecular formula is C22H16N2O. The van der Waals surface area contributed by atoms with Crippen LogP contribution in [-0.2, 0) is 0 Å². The molecule has 0 atom stereocenters. The van der Waals surface area contributed by atoms with Crippen molar-refractivity contribution < 1.29 is 4.74 Å². The highest BCUT2D eigenvalue weighted by Gasteiger charge is 2.14. The van der Waals surface area contributed by atoms with E-state index in [0.717, 1.165) is 28.0 Å². The standard InChI is InChI=1S/C22H16N2O/c1-25-17-11-9-15(10-12-17)21-22-19(14-16-6-4-5-13-24(16)22)18-7-2-3-8-20(18)23-21/h2-14H,1H3. The SMILES string of the molecule is COc1ccc(-c2nc3ccccc3c3cc4ccccn4c23)cc1. The van der Waals surface area contributed by atoms with Crippen LogP contribution in [-0.4, -0.2) is 16.5 Å². The zero-order chi connectivity index (χ0) is 16.8. The normalized spacial score (nSPS) is 11.4. The van der Waals surface area contributed by atoms with Crippen LogP contribution >= 0.6 is 0 Å². The molecule has 0 radical (unpaired) electrons. The van der Waals surface area contributed by atoms with Crippen LogP contribution in [0.3, 0.4) is 0 Å². The van der Waals surface area contributed by atoms with Gasteiger partial charge in [-0.2, -0.15) is 0 Å². The molecule has 3 heteroatoms. The summed E-state index contributed by atoms with van der Waals surface area (Å²) in [6.45, 7) is 0. The van der Waals surface area contributed by atoms with Crippen LogP contribution in [0, 0.1) is 0 Å². The molecule has 120 valence electrons. The highest BCUT2D eigenvalue weighted by atomic mass is 16.5. The lowest BCUT2D eigenvalue weighted by atomic mass is 10.1. The first kappa shape index (κ1) is 14.1. The third-order valence-corrected chi connectivity index (χ3v) is 4.69. The van der Waals surface area contributed by atoms with Gasteiger partial charge in [-0.25, -0.2) is 4.98 Å². The zero-order valence-electron chi connectivity index (χ0n) is 13.8. The number of aromatic nitrogens is 2. The number of hydrogen-bond acceptors (Lipinski definition) is 2. The number of nitrogens with zero attached hydrogens (tertiary/aromatic N) is 2. The Morgan fingerprint density at radius 2 is 1.64 bits per heavy atom. The maximum Gasteiger partial charge on any atom is 0.118 e. The van der Waals surface area contributed by atoms with Crippen LogP contribution in [0.2, 0.25) is 0 Å². The summed E-state index contributed by atoms with van der Waals surface area (Å²) < 4.78 is 7.51. The van der Waals surface area contributed by atoms with Crippen molar-refractivity contribution in [2.75, 3.05) is 7.11 Å². The van der Waals surface area contributed by atoms with Gasteiger partial charge in [0.15, 0.2) is 0 Å². The third-order valence-electron chi connectivity index (χ3n) is 4.69. The van der Waals surface area contributed by atoms with Crippen LogP contribution in [0.1, 0.15) is 0 Å². The second kappa shape index (κ2) is 5.35. The summed E-state index contributed by atoms with van der Waals surface area (Å²) in [5.74, 6) is 0.848. The minimum atomic E-state index is 0.848. The molecule has 0 saturated carbocycles. The van der Waals surface area contributed by atoms with E-state index in [4.69, 9.17) is 9.72 Å². The minimum Gasteiger partial charge on any atom is -0.497 e. The van der Waals surface area contributed by atoms with Crippen molar-refractivity contribution in [3.8, 4) is 17.0 Å². The number of hydrogen-bond donors (Lipinski definition) is 0. The highest BCUT2D eigenvalue weighted by molar-refractivity contribution is 6.12. The average molecular weight is 324 g/mol. The molecule has 0 aliphatic carbocycles. The lowest BCUT2D eigenvalue weighted by molar-refractivity contribution is 0.415. The number of methoxy groups -OCH3 is 1. The second-order valence-corrected chi connectivity index (χ2v) is 6.11. The molecule has 5 rings (SSSR count). The van der Waals surface area contributed by atoms with Crippen LogP contribution in [0.25, 0.3) is 38.6 Å². The van der Waals surface area contributed by atoms with Crippen LogP contribution < -0.4 is 4.74 Å². The Balaban J connectivity index is 1.95. The van der Waals surface area contributed by atoms with E-state index in [0.29, 0.717) is 0 Å². The Morgan fingerprint density at radius 3 is 2.48 bits per heavy atom. The maximum atomic E-state index is 5.29. The van der Waals surface area contributed by atoms with E-state index in [1.807, 2.05) is 18.2 Å². The first-order chi connectivity index (χ1) is 12.3. The fourth-order valence-electron chi connectivity index (χ4n) is 3.49. The van der Waals surface area contributed by atoms with Crippen LogP contribution in [0.4, 0.5) is 0 Å². The fraction of sp³-hybridized carbons (Fsp3) is 0.0455. The number of benzene rings is 2. The van der Waals surface area contributed by atoms with Gasteiger partial charge < -0.3 is 9.14 Å². The Bertz CT molecular complexity index is 1220. The number of ether oxygens (including phenoxy) is 1. The van der Waals surface area contributed by atoms with Gasteiger partial charge in [-0.3, -0.25) is 0 Å². The average Bonchev–Trinajstić information content (AvgIpc) is 3.07. The molecule has 5 aromatic rings. The van der Waals surface area contributed by atoms with E-state index in [9.17, 15) is 0 Å². The lowest BCUT2D eigenvalue weighted by Crippen LogP contribution is -1.92. The van der Waals surface area contributed by atoms with Gasteiger partial charge in [-0.15, -0.1) is 0 Å². The highest BCUT2D eigenvalue weighted by Crippen LogP contribution is 2.35. The molecule has 0 spiro atoms. The molecule has 25 heavy (non-hydrogen) atoms. The molecule has 0 saturated heterocycles. The van der Waals surface area contributed by atoms with Crippen molar-refractivity contribution in [2.24, 2.45) is 0 Å². The van der Waals surface area contributed by atoms with Gasteiger partial charge in [0.25, 0.3) is 0 Å². The molecule has 0 aliphatic heterocycles. The van der Waals surface area contributed by atoms with E-state index >= 15 is 0 Å². The van der Waals surface area contributed by atoms with Crippen LogP contribution in [0.15, 0.2) is 79.0 Å². The van der Waals surface area contributed by atoms with Crippen molar-refractivity contribution in [1.82, 2.24) is 9.38 Å². The Hall–Kier alpha value is -3.33. The molecule has 0 amide bonds. The van der Waals surface area contributed by atoms with E-state index in [2.05, 4.69) is 65.2 Å². The quantitative estimate of drug-likeness (QED) is 0.439. The topological polar surface area (TPSA) is 26.5 Å². The second-order valence-electron chi connectivity index (χ2n) is 6.11. The van der Waals surface area contributed by atoms with Gasteiger partial charge in [-0.05, 0) is 48.5 Å².